The highest BCUT2D eigenvalue weighted by molar-refractivity contribution is 8.00. The predicted octanol–water partition coefficient (Wildman–Crippen LogP) is 2.88. The number of nitrogens with zero attached hydrogens (tertiary/aromatic N) is 5. The number of ketones is 1. The smallest absolute Gasteiger partial charge is 0.339 e. The summed E-state index contributed by atoms with van der Waals surface area (Å²) in [6.07, 6.45) is 3.03. The highest BCUT2D eigenvalue weighted by atomic mass is 32.2. The van der Waals surface area contributed by atoms with E-state index in [0.29, 0.717) is 58.8 Å². The van der Waals surface area contributed by atoms with Gasteiger partial charge >= 0.3 is 5.97 Å². The number of H-pyrrole nitrogens is 1. The van der Waals surface area contributed by atoms with Crippen LogP contribution < -0.4 is 0 Å². The molecule has 4 rings (SSSR count). The summed E-state index contributed by atoms with van der Waals surface area (Å²) in [5.41, 5.74) is 1.88. The average Bonchev–Trinajstić information content (AvgIpc) is 3.51. The number of esters is 1. The molecule has 4 heterocycles. The number of methoxy groups -OCH3 is 1. The van der Waals surface area contributed by atoms with Gasteiger partial charge in [-0.2, -0.15) is 0 Å². The molecule has 1 fully saturated rings. The van der Waals surface area contributed by atoms with Crippen LogP contribution in [-0.2, 0) is 16.1 Å². The zero-order valence-electron chi connectivity index (χ0n) is 19.5. The molecular weight excluding hydrogens is 456 g/mol. The number of likely N-dealkylation sites (tertiary alicyclic amines) is 1. The number of thioether (sulfide) groups is 1. The van der Waals surface area contributed by atoms with E-state index in [1.165, 1.54) is 18.9 Å². The van der Waals surface area contributed by atoms with E-state index >= 15 is 0 Å². The number of carbonyl (C=O) groups is 3. The summed E-state index contributed by atoms with van der Waals surface area (Å²) >= 11 is 1.25. The van der Waals surface area contributed by atoms with Crippen LogP contribution in [0.15, 0.2) is 29.6 Å². The van der Waals surface area contributed by atoms with Crippen molar-refractivity contribution in [3.63, 3.8) is 0 Å². The van der Waals surface area contributed by atoms with Crippen molar-refractivity contribution in [1.82, 2.24) is 29.6 Å². The summed E-state index contributed by atoms with van der Waals surface area (Å²) in [5, 5.41) is 8.61. The lowest BCUT2D eigenvalue weighted by molar-refractivity contribution is -0.128. The Balaban J connectivity index is 1.63. The molecule has 3 aromatic rings. The number of pyridine rings is 1. The van der Waals surface area contributed by atoms with Crippen molar-refractivity contribution in [2.75, 3.05) is 13.7 Å². The summed E-state index contributed by atoms with van der Waals surface area (Å²) in [6, 6.07) is 5.50. The molecule has 0 aliphatic carbocycles. The third-order valence-corrected chi connectivity index (χ3v) is 6.85. The molecule has 3 aromatic heterocycles. The number of hydrogen-bond acceptors (Lipinski definition) is 8. The number of aryl methyl sites for hydroxylation is 1. The van der Waals surface area contributed by atoms with Crippen molar-refractivity contribution in [1.29, 1.82) is 0 Å². The zero-order chi connectivity index (χ0) is 24.4. The topological polar surface area (TPSA) is 123 Å². The maximum absolute atomic E-state index is 13.3. The molecule has 1 atom stereocenters. The third kappa shape index (κ3) is 4.47. The minimum Gasteiger partial charge on any atom is -0.465 e. The van der Waals surface area contributed by atoms with Gasteiger partial charge in [-0.1, -0.05) is 17.8 Å². The number of ether oxygens (including phenoxy) is 1. The maximum atomic E-state index is 13.3. The standard InChI is InChI=1S/C23H26N6O4S/c1-13-19(22(32)33-4)14(2)25-20(13)21(31)15(3)34-23-27-26-17(12-28-11-7-9-18(28)30)29(23)16-8-5-6-10-24-16/h5-6,8,10,15,25H,7,9,11-12H2,1-4H3. The largest absolute Gasteiger partial charge is 0.465 e. The van der Waals surface area contributed by atoms with Crippen molar-refractivity contribution in [3.05, 3.63) is 52.7 Å². The van der Waals surface area contributed by atoms with Gasteiger partial charge in [0, 0.05) is 24.9 Å². The Morgan fingerprint density at radius 1 is 1.26 bits per heavy atom. The summed E-state index contributed by atoms with van der Waals surface area (Å²) in [4.78, 5) is 46.8. The Morgan fingerprint density at radius 3 is 2.71 bits per heavy atom. The van der Waals surface area contributed by atoms with E-state index < -0.39 is 11.2 Å². The first-order chi connectivity index (χ1) is 16.3. The SMILES string of the molecule is COC(=O)c1c(C)[nH]c(C(=O)C(C)Sc2nnc(CN3CCCC3=O)n2-c2ccccn2)c1C. The number of hydrogen-bond donors (Lipinski definition) is 1. The van der Waals surface area contributed by atoms with E-state index in [1.54, 1.807) is 36.4 Å². The quantitative estimate of drug-likeness (QED) is 0.295. The van der Waals surface area contributed by atoms with Gasteiger partial charge in [-0.15, -0.1) is 10.2 Å². The molecule has 178 valence electrons. The second-order valence-corrected chi connectivity index (χ2v) is 9.39. The lowest BCUT2D eigenvalue weighted by Crippen LogP contribution is -2.26. The number of aromatic amines is 1. The van der Waals surface area contributed by atoms with Gasteiger partial charge in [0.15, 0.2) is 16.8 Å². The Kier molecular flexibility index (Phi) is 6.82. The summed E-state index contributed by atoms with van der Waals surface area (Å²) in [5.74, 6) is 0.619. The number of rotatable bonds is 8. The number of nitrogens with one attached hydrogen (secondary N) is 1. The molecule has 0 radical (unpaired) electrons. The minimum absolute atomic E-state index is 0.0901. The van der Waals surface area contributed by atoms with Crippen LogP contribution in [0.5, 0.6) is 0 Å². The molecule has 1 aliphatic rings. The lowest BCUT2D eigenvalue weighted by Gasteiger charge is -2.16. The van der Waals surface area contributed by atoms with Crippen LogP contribution in [0.4, 0.5) is 0 Å². The van der Waals surface area contributed by atoms with Crippen molar-refractivity contribution < 1.29 is 19.1 Å². The van der Waals surface area contributed by atoms with Gasteiger partial charge in [-0.3, -0.25) is 14.2 Å². The molecule has 34 heavy (non-hydrogen) atoms. The Labute approximate surface area is 201 Å². The first-order valence-electron chi connectivity index (χ1n) is 10.9. The molecule has 11 heteroatoms. The Bertz CT molecular complexity index is 1240. The van der Waals surface area contributed by atoms with Crippen molar-refractivity contribution >= 4 is 29.4 Å². The minimum atomic E-state index is -0.532. The van der Waals surface area contributed by atoms with E-state index in [1.807, 2.05) is 18.2 Å². The van der Waals surface area contributed by atoms with E-state index in [0.717, 1.165) is 6.42 Å². The number of Topliss-reactive ketones (excluding diaryl/α,β-unsaturated/α-hetero) is 1. The molecule has 1 N–H and O–H groups in total. The predicted molar refractivity (Wildman–Crippen MR) is 125 cm³/mol. The van der Waals surface area contributed by atoms with Gasteiger partial charge in [0.1, 0.15) is 5.82 Å². The molecular formula is C23H26N6O4S. The normalized spacial score (nSPS) is 14.5. The first kappa shape index (κ1) is 23.7. The van der Waals surface area contributed by atoms with Gasteiger partial charge in [-0.25, -0.2) is 9.78 Å². The number of aromatic nitrogens is 5. The fourth-order valence-corrected chi connectivity index (χ4v) is 4.99. The first-order valence-corrected chi connectivity index (χ1v) is 11.8. The molecule has 1 amide bonds. The van der Waals surface area contributed by atoms with E-state index in [4.69, 9.17) is 4.74 Å². The van der Waals surface area contributed by atoms with Gasteiger partial charge in [-0.05, 0) is 44.9 Å². The second kappa shape index (κ2) is 9.80. The van der Waals surface area contributed by atoms with Crippen molar-refractivity contribution in [2.24, 2.45) is 0 Å². The van der Waals surface area contributed by atoms with Crippen LogP contribution in [0.25, 0.3) is 5.82 Å². The van der Waals surface area contributed by atoms with Gasteiger partial charge < -0.3 is 14.6 Å². The molecule has 1 unspecified atom stereocenters. The molecule has 0 aromatic carbocycles. The fraction of sp³-hybridized carbons (Fsp3) is 0.391. The molecule has 10 nitrogen and oxygen atoms in total. The molecule has 1 saturated heterocycles. The summed E-state index contributed by atoms with van der Waals surface area (Å²) in [7, 11) is 1.31. The number of carbonyl (C=O) groups excluding carboxylic acids is 3. The van der Waals surface area contributed by atoms with Gasteiger partial charge in [0.2, 0.25) is 5.91 Å². The van der Waals surface area contributed by atoms with Crippen molar-refractivity contribution in [3.8, 4) is 5.82 Å². The van der Waals surface area contributed by atoms with Crippen LogP contribution in [0, 0.1) is 13.8 Å². The molecule has 0 spiro atoms. The molecule has 0 saturated carbocycles. The number of amides is 1. The van der Waals surface area contributed by atoms with Crippen LogP contribution in [0.2, 0.25) is 0 Å². The van der Waals surface area contributed by atoms with Crippen molar-refractivity contribution in [2.45, 2.75) is 50.6 Å². The monoisotopic (exact) mass is 482 g/mol. The molecule has 1 aliphatic heterocycles. The maximum Gasteiger partial charge on any atom is 0.339 e. The Morgan fingerprint density at radius 2 is 2.06 bits per heavy atom. The average molecular weight is 483 g/mol. The zero-order valence-corrected chi connectivity index (χ0v) is 20.3. The van der Waals surface area contributed by atoms with Crippen LogP contribution in [0.3, 0.4) is 0 Å². The van der Waals surface area contributed by atoms with E-state index in [9.17, 15) is 14.4 Å². The lowest BCUT2D eigenvalue weighted by atomic mass is 10.1. The van der Waals surface area contributed by atoms with Crippen LogP contribution >= 0.6 is 11.8 Å². The second-order valence-electron chi connectivity index (χ2n) is 8.08. The van der Waals surface area contributed by atoms with Crippen LogP contribution in [-0.4, -0.2) is 66.2 Å². The van der Waals surface area contributed by atoms with Gasteiger partial charge in [0.25, 0.3) is 0 Å². The summed E-state index contributed by atoms with van der Waals surface area (Å²) in [6.45, 7) is 6.24. The van der Waals surface area contributed by atoms with E-state index in [-0.39, 0.29) is 11.7 Å². The highest BCUT2D eigenvalue weighted by Gasteiger charge is 2.29. The summed E-state index contributed by atoms with van der Waals surface area (Å²) < 4.78 is 6.63. The molecule has 0 bridgehead atoms. The fourth-order valence-electron chi connectivity index (χ4n) is 4.06. The Hall–Kier alpha value is -3.47. The highest BCUT2D eigenvalue weighted by Crippen LogP contribution is 2.29. The van der Waals surface area contributed by atoms with Crippen LogP contribution in [0.1, 0.15) is 57.7 Å². The van der Waals surface area contributed by atoms with Gasteiger partial charge in [0.05, 0.1) is 30.2 Å². The third-order valence-electron chi connectivity index (χ3n) is 5.81. The van der Waals surface area contributed by atoms with E-state index in [2.05, 4.69) is 20.2 Å².